The molecule has 6 nitrogen and oxygen atoms in total. The highest BCUT2D eigenvalue weighted by Gasteiger charge is 2.58. The molecule has 2 aromatic carbocycles. The Hall–Kier alpha value is -3.35. The number of aromatic nitrogens is 4. The number of halogens is 1. The average molecular weight is 401 g/mol. The van der Waals surface area contributed by atoms with Gasteiger partial charge in [0, 0.05) is 30.0 Å². The molecule has 0 N–H and O–H groups in total. The third kappa shape index (κ3) is 2.84. The van der Waals surface area contributed by atoms with Gasteiger partial charge < -0.3 is 9.32 Å². The summed E-state index contributed by atoms with van der Waals surface area (Å²) in [5.74, 6) is 2.06. The molecule has 2 fully saturated rings. The van der Waals surface area contributed by atoms with Crippen LogP contribution in [0, 0.1) is 11.2 Å². The summed E-state index contributed by atoms with van der Waals surface area (Å²) in [6, 6.07) is 14.4. The summed E-state index contributed by atoms with van der Waals surface area (Å²) in [6.45, 7) is 1.89. The van der Waals surface area contributed by atoms with Gasteiger partial charge in [0.15, 0.2) is 0 Å². The largest absolute Gasteiger partial charge is 0.420 e. The normalized spacial score (nSPS) is 20.0. The van der Waals surface area contributed by atoms with Crippen molar-refractivity contribution in [1.29, 1.82) is 0 Å². The van der Waals surface area contributed by atoms with Gasteiger partial charge in [-0.05, 0) is 55.0 Å². The van der Waals surface area contributed by atoms with Crippen LogP contribution < -0.4 is 4.90 Å². The van der Waals surface area contributed by atoms with Gasteiger partial charge in [-0.3, -0.25) is 0 Å². The van der Waals surface area contributed by atoms with Crippen LogP contribution in [0.2, 0.25) is 0 Å². The lowest BCUT2D eigenvalue weighted by atomic mass is 9.90. The van der Waals surface area contributed by atoms with Crippen LogP contribution in [0.25, 0.3) is 22.4 Å². The first kappa shape index (κ1) is 17.5. The molecule has 0 amide bonds. The summed E-state index contributed by atoms with van der Waals surface area (Å²) in [5, 5.41) is 9.53. The van der Waals surface area contributed by atoms with Gasteiger partial charge in [-0.25, -0.2) is 14.4 Å². The monoisotopic (exact) mass is 401 g/mol. The van der Waals surface area contributed by atoms with E-state index < -0.39 is 0 Å². The van der Waals surface area contributed by atoms with Crippen molar-refractivity contribution in [2.45, 2.75) is 25.2 Å². The molecule has 1 aliphatic carbocycles. The third-order valence-corrected chi connectivity index (χ3v) is 6.58. The Kier molecular flexibility index (Phi) is 3.84. The Morgan fingerprint density at radius 1 is 1.00 bits per heavy atom. The van der Waals surface area contributed by atoms with Crippen molar-refractivity contribution in [2.75, 3.05) is 18.0 Å². The lowest BCUT2D eigenvalue weighted by Crippen LogP contribution is -2.35. The second-order valence-electron chi connectivity index (χ2n) is 8.28. The van der Waals surface area contributed by atoms with E-state index in [1.807, 2.05) is 18.2 Å². The lowest BCUT2D eigenvalue weighted by Gasteiger charge is -2.34. The van der Waals surface area contributed by atoms with Gasteiger partial charge in [-0.15, -0.1) is 10.2 Å². The fraction of sp³-hybridized carbons (Fsp3) is 0.304. The Labute approximate surface area is 172 Å². The zero-order valence-electron chi connectivity index (χ0n) is 16.3. The molecule has 4 aromatic rings. The lowest BCUT2D eigenvalue weighted by molar-refractivity contribution is 0.352. The van der Waals surface area contributed by atoms with E-state index in [9.17, 15) is 4.39 Å². The van der Waals surface area contributed by atoms with E-state index in [4.69, 9.17) is 4.42 Å². The maximum absolute atomic E-state index is 13.5. The van der Waals surface area contributed by atoms with Crippen molar-refractivity contribution in [3.8, 4) is 11.5 Å². The quantitative estimate of drug-likeness (QED) is 0.500. The highest BCUT2D eigenvalue weighted by atomic mass is 19.1. The minimum atomic E-state index is -0.306. The van der Waals surface area contributed by atoms with Gasteiger partial charge in [-0.2, -0.15) is 0 Å². The van der Waals surface area contributed by atoms with Gasteiger partial charge in [0.2, 0.25) is 11.8 Å². The minimum absolute atomic E-state index is 0.227. The molecule has 0 unspecified atom stereocenters. The summed E-state index contributed by atoms with van der Waals surface area (Å²) in [4.78, 5) is 11.3. The SMILES string of the molecule is Fc1cccc(-c2nnc([C@H]3CC34CCN(c3ncnc5ccccc35)CC4)o2)c1. The molecule has 0 bridgehead atoms. The molecule has 6 rings (SSSR count). The molecule has 7 heteroatoms. The number of para-hydroxylation sites is 1. The van der Waals surface area contributed by atoms with E-state index >= 15 is 0 Å². The molecule has 30 heavy (non-hydrogen) atoms. The second-order valence-corrected chi connectivity index (χ2v) is 8.28. The molecule has 2 aliphatic rings. The number of rotatable bonds is 3. The highest BCUT2D eigenvalue weighted by molar-refractivity contribution is 5.89. The van der Waals surface area contributed by atoms with Crippen LogP contribution in [0.5, 0.6) is 0 Å². The number of benzene rings is 2. The summed E-state index contributed by atoms with van der Waals surface area (Å²) in [5.41, 5.74) is 1.82. The first-order valence-electron chi connectivity index (χ1n) is 10.3. The fourth-order valence-corrected chi connectivity index (χ4v) is 4.77. The molecule has 1 saturated heterocycles. The number of fused-ring (bicyclic) bond motifs is 1. The van der Waals surface area contributed by atoms with Crippen molar-refractivity contribution in [3.63, 3.8) is 0 Å². The van der Waals surface area contributed by atoms with Crippen LogP contribution in [0.15, 0.2) is 59.3 Å². The molecule has 0 radical (unpaired) electrons. The standard InChI is InChI=1S/C23H20FN5O/c24-16-5-3-4-15(12-16)21-27-28-22(30-21)18-13-23(18)8-10-29(11-9-23)20-17-6-1-2-7-19(17)25-14-26-20/h1-7,12,14,18H,8-11,13H2/t18-/m1/s1. The van der Waals surface area contributed by atoms with Gasteiger partial charge in [0.25, 0.3) is 0 Å². The maximum Gasteiger partial charge on any atom is 0.247 e. The molecule has 1 spiro atoms. The fourth-order valence-electron chi connectivity index (χ4n) is 4.77. The van der Waals surface area contributed by atoms with Gasteiger partial charge in [0.05, 0.1) is 5.52 Å². The summed E-state index contributed by atoms with van der Waals surface area (Å²) < 4.78 is 19.4. The van der Waals surface area contributed by atoms with Crippen molar-refractivity contribution >= 4 is 16.7 Å². The molecular weight excluding hydrogens is 381 g/mol. The van der Waals surface area contributed by atoms with Crippen LogP contribution in [-0.4, -0.2) is 33.3 Å². The number of nitrogens with zero attached hydrogens (tertiary/aromatic N) is 5. The number of hydrogen-bond donors (Lipinski definition) is 0. The van der Waals surface area contributed by atoms with E-state index in [1.54, 1.807) is 18.5 Å². The number of hydrogen-bond acceptors (Lipinski definition) is 6. The predicted molar refractivity (Wildman–Crippen MR) is 110 cm³/mol. The zero-order valence-corrected chi connectivity index (χ0v) is 16.3. The van der Waals surface area contributed by atoms with Crippen molar-refractivity contribution in [1.82, 2.24) is 20.2 Å². The first-order chi connectivity index (χ1) is 14.7. The van der Waals surface area contributed by atoms with E-state index in [-0.39, 0.29) is 17.2 Å². The van der Waals surface area contributed by atoms with Gasteiger partial charge in [0.1, 0.15) is 18.0 Å². The van der Waals surface area contributed by atoms with Crippen molar-refractivity contribution < 1.29 is 8.81 Å². The molecule has 1 saturated carbocycles. The molecule has 2 aromatic heterocycles. The van der Waals surface area contributed by atoms with E-state index in [0.717, 1.165) is 49.1 Å². The molecular formula is C23H20FN5O. The summed E-state index contributed by atoms with van der Waals surface area (Å²) in [6.07, 6.45) is 4.84. The number of anilines is 1. The van der Waals surface area contributed by atoms with Crippen molar-refractivity contribution in [3.05, 3.63) is 66.6 Å². The Bertz CT molecular complexity index is 1230. The Morgan fingerprint density at radius 3 is 2.73 bits per heavy atom. The van der Waals surface area contributed by atoms with Crippen LogP contribution in [0.4, 0.5) is 10.2 Å². The van der Waals surface area contributed by atoms with Gasteiger partial charge >= 0.3 is 0 Å². The third-order valence-electron chi connectivity index (χ3n) is 6.58. The molecule has 1 aliphatic heterocycles. The zero-order chi connectivity index (χ0) is 20.1. The Balaban J connectivity index is 1.18. The van der Waals surface area contributed by atoms with Gasteiger partial charge in [-0.1, -0.05) is 18.2 Å². The molecule has 3 heterocycles. The minimum Gasteiger partial charge on any atom is -0.420 e. The van der Waals surface area contributed by atoms with E-state index in [0.29, 0.717) is 17.3 Å². The maximum atomic E-state index is 13.5. The molecule has 150 valence electrons. The van der Waals surface area contributed by atoms with E-state index in [2.05, 4.69) is 31.1 Å². The summed E-state index contributed by atoms with van der Waals surface area (Å²) in [7, 11) is 0. The van der Waals surface area contributed by atoms with E-state index in [1.165, 1.54) is 12.1 Å². The van der Waals surface area contributed by atoms with Crippen LogP contribution in [0.3, 0.4) is 0 Å². The first-order valence-corrected chi connectivity index (χ1v) is 10.3. The predicted octanol–water partition coefficient (Wildman–Crippen LogP) is 4.59. The van der Waals surface area contributed by atoms with Crippen molar-refractivity contribution in [2.24, 2.45) is 5.41 Å². The van der Waals surface area contributed by atoms with Crippen LogP contribution in [0.1, 0.15) is 31.1 Å². The smallest absolute Gasteiger partial charge is 0.247 e. The van der Waals surface area contributed by atoms with Crippen LogP contribution in [-0.2, 0) is 0 Å². The van der Waals surface area contributed by atoms with Crippen LogP contribution >= 0.6 is 0 Å². The average Bonchev–Trinajstić information content (AvgIpc) is 3.25. The Morgan fingerprint density at radius 2 is 1.87 bits per heavy atom. The second kappa shape index (κ2) is 6.58. The topological polar surface area (TPSA) is 67.9 Å². The molecule has 1 atom stereocenters. The number of piperidine rings is 1. The highest BCUT2D eigenvalue weighted by Crippen LogP contribution is 2.64. The summed E-state index contributed by atoms with van der Waals surface area (Å²) >= 11 is 0.